The molecule has 25 heavy (non-hydrogen) atoms. The van der Waals surface area contributed by atoms with Gasteiger partial charge in [0.1, 0.15) is 11.4 Å². The summed E-state index contributed by atoms with van der Waals surface area (Å²) in [6, 6.07) is 7.63. The molecule has 0 saturated heterocycles. The lowest BCUT2D eigenvalue weighted by Gasteiger charge is -2.27. The molecule has 0 atom stereocenters. The van der Waals surface area contributed by atoms with E-state index in [-0.39, 0.29) is 6.09 Å². The van der Waals surface area contributed by atoms with E-state index >= 15 is 0 Å². The van der Waals surface area contributed by atoms with Crippen LogP contribution in [0.3, 0.4) is 0 Å². The average molecular weight is 345 g/mol. The molecule has 2 aromatic rings. The van der Waals surface area contributed by atoms with Crippen molar-refractivity contribution in [1.29, 1.82) is 0 Å². The Labute approximate surface area is 149 Å². The van der Waals surface area contributed by atoms with Gasteiger partial charge in [0.05, 0.1) is 19.4 Å². The quantitative estimate of drug-likeness (QED) is 0.741. The van der Waals surface area contributed by atoms with Gasteiger partial charge >= 0.3 is 6.09 Å². The first-order chi connectivity index (χ1) is 11.9. The maximum atomic E-state index is 12.5. The van der Waals surface area contributed by atoms with Gasteiger partial charge < -0.3 is 19.4 Å². The number of carbonyl (C=O) groups is 1. The zero-order valence-corrected chi connectivity index (χ0v) is 15.2. The Bertz CT molecular complexity index is 621. The van der Waals surface area contributed by atoms with Crippen LogP contribution in [0, 0.1) is 0 Å². The maximum Gasteiger partial charge on any atom is 0.410 e. The first kappa shape index (κ1) is 19.0. The van der Waals surface area contributed by atoms with E-state index in [1.807, 2.05) is 45.0 Å². The Morgan fingerprint density at radius 1 is 1.32 bits per heavy atom. The van der Waals surface area contributed by atoms with Crippen molar-refractivity contribution in [2.24, 2.45) is 0 Å². The van der Waals surface area contributed by atoms with Gasteiger partial charge in [0.15, 0.2) is 0 Å². The Morgan fingerprint density at radius 3 is 2.80 bits per heavy atom. The molecule has 2 rings (SSSR count). The molecular formula is C19H27N3O3. The summed E-state index contributed by atoms with van der Waals surface area (Å²) in [5.74, 6) is 0.902. The van der Waals surface area contributed by atoms with E-state index in [2.05, 4.69) is 10.3 Å². The van der Waals surface area contributed by atoms with E-state index in [9.17, 15) is 4.79 Å². The molecule has 0 aliphatic carbocycles. The van der Waals surface area contributed by atoms with Crippen LogP contribution in [0.4, 0.5) is 4.79 Å². The molecule has 0 radical (unpaired) electrons. The van der Waals surface area contributed by atoms with Gasteiger partial charge in [-0.05, 0) is 57.5 Å². The largest absolute Gasteiger partial charge is 0.468 e. The summed E-state index contributed by atoms with van der Waals surface area (Å²) in [5, 5.41) is 3.31. The third-order valence-corrected chi connectivity index (χ3v) is 3.41. The number of nitrogens with one attached hydrogen (secondary N) is 1. The number of furan rings is 1. The molecule has 0 aromatic carbocycles. The molecule has 0 saturated carbocycles. The number of ether oxygens (including phenoxy) is 1. The molecule has 0 fully saturated rings. The monoisotopic (exact) mass is 345 g/mol. The number of pyridine rings is 1. The summed E-state index contributed by atoms with van der Waals surface area (Å²) in [6.07, 6.45) is 5.67. The minimum absolute atomic E-state index is 0.303. The number of hydrogen-bond donors (Lipinski definition) is 1. The number of carbonyl (C=O) groups excluding carboxylic acids is 1. The number of aromatic nitrogens is 1. The van der Waals surface area contributed by atoms with Gasteiger partial charge in [0.2, 0.25) is 0 Å². The Morgan fingerprint density at radius 2 is 2.16 bits per heavy atom. The van der Waals surface area contributed by atoms with Crippen molar-refractivity contribution in [1.82, 2.24) is 15.2 Å². The molecule has 6 heteroatoms. The third-order valence-electron chi connectivity index (χ3n) is 3.41. The molecule has 0 aliphatic heterocycles. The summed E-state index contributed by atoms with van der Waals surface area (Å²) in [7, 11) is 0. The van der Waals surface area contributed by atoms with Crippen LogP contribution in [0.25, 0.3) is 0 Å². The predicted molar refractivity (Wildman–Crippen MR) is 95.9 cm³/mol. The van der Waals surface area contributed by atoms with Crippen LogP contribution >= 0.6 is 0 Å². The van der Waals surface area contributed by atoms with Crippen LogP contribution in [-0.4, -0.2) is 34.7 Å². The van der Waals surface area contributed by atoms with Gasteiger partial charge in [-0.15, -0.1) is 0 Å². The molecule has 6 nitrogen and oxygen atoms in total. The minimum atomic E-state index is -0.512. The summed E-state index contributed by atoms with van der Waals surface area (Å²) in [4.78, 5) is 18.3. The molecule has 0 spiro atoms. The van der Waals surface area contributed by atoms with Crippen LogP contribution < -0.4 is 5.32 Å². The molecule has 1 N–H and O–H groups in total. The second-order valence-corrected chi connectivity index (χ2v) is 6.87. The van der Waals surface area contributed by atoms with Crippen molar-refractivity contribution in [3.05, 3.63) is 54.2 Å². The predicted octanol–water partition coefficient (Wildman–Crippen LogP) is 3.59. The Hall–Kier alpha value is -2.34. The lowest BCUT2D eigenvalue weighted by atomic mass is 10.2. The van der Waals surface area contributed by atoms with Crippen LogP contribution in [0.5, 0.6) is 0 Å². The molecule has 2 heterocycles. The van der Waals surface area contributed by atoms with Crippen LogP contribution in [0.1, 0.15) is 38.5 Å². The molecular weight excluding hydrogens is 318 g/mol. The highest BCUT2D eigenvalue weighted by molar-refractivity contribution is 5.68. The fraction of sp³-hybridized carbons (Fsp3) is 0.474. The Kier molecular flexibility index (Phi) is 7.01. The van der Waals surface area contributed by atoms with Gasteiger partial charge in [-0.3, -0.25) is 4.98 Å². The zero-order chi connectivity index (χ0) is 18.1. The highest BCUT2D eigenvalue weighted by atomic mass is 16.6. The zero-order valence-electron chi connectivity index (χ0n) is 15.2. The number of nitrogens with zero attached hydrogens (tertiary/aromatic N) is 2. The SMILES string of the molecule is CC(C)(C)OC(=O)N(CCCNCc1ccco1)Cc1cccnc1. The van der Waals surface area contributed by atoms with Crippen molar-refractivity contribution in [3.63, 3.8) is 0 Å². The van der Waals surface area contributed by atoms with Crippen LogP contribution in [-0.2, 0) is 17.8 Å². The van der Waals surface area contributed by atoms with Crippen LogP contribution in [0.2, 0.25) is 0 Å². The van der Waals surface area contributed by atoms with Crippen molar-refractivity contribution < 1.29 is 13.9 Å². The van der Waals surface area contributed by atoms with Gasteiger partial charge in [-0.25, -0.2) is 4.79 Å². The summed E-state index contributed by atoms with van der Waals surface area (Å²) >= 11 is 0. The molecule has 1 amide bonds. The third kappa shape index (κ3) is 7.39. The molecule has 136 valence electrons. The van der Waals surface area contributed by atoms with Gasteiger partial charge in [-0.2, -0.15) is 0 Å². The Balaban J connectivity index is 1.83. The summed E-state index contributed by atoms with van der Waals surface area (Å²) < 4.78 is 10.8. The first-order valence-corrected chi connectivity index (χ1v) is 8.54. The van der Waals surface area contributed by atoms with Crippen molar-refractivity contribution in [2.75, 3.05) is 13.1 Å². The van der Waals surface area contributed by atoms with E-state index in [0.29, 0.717) is 19.6 Å². The molecule has 0 unspecified atom stereocenters. The first-order valence-electron chi connectivity index (χ1n) is 8.54. The molecule has 2 aromatic heterocycles. The molecule has 0 bridgehead atoms. The van der Waals surface area contributed by atoms with E-state index in [0.717, 1.165) is 24.3 Å². The van der Waals surface area contributed by atoms with Crippen molar-refractivity contribution in [3.8, 4) is 0 Å². The van der Waals surface area contributed by atoms with Gasteiger partial charge in [-0.1, -0.05) is 6.07 Å². The van der Waals surface area contributed by atoms with Gasteiger partial charge in [0.25, 0.3) is 0 Å². The standard InChI is InChI=1S/C19H27N3O3/c1-19(2,3)25-18(23)22(15-16-7-4-9-20-13-16)11-6-10-21-14-17-8-5-12-24-17/h4-5,7-9,12-13,21H,6,10-11,14-15H2,1-3H3. The summed E-state index contributed by atoms with van der Waals surface area (Å²) in [5.41, 5.74) is 0.471. The maximum absolute atomic E-state index is 12.5. The van der Waals surface area contributed by atoms with E-state index in [1.165, 1.54) is 0 Å². The van der Waals surface area contributed by atoms with Crippen LogP contribution in [0.15, 0.2) is 47.3 Å². The summed E-state index contributed by atoms with van der Waals surface area (Å²) in [6.45, 7) is 8.18. The smallest absolute Gasteiger partial charge is 0.410 e. The van der Waals surface area contributed by atoms with E-state index in [1.54, 1.807) is 23.6 Å². The number of amides is 1. The number of hydrogen-bond acceptors (Lipinski definition) is 5. The van der Waals surface area contributed by atoms with E-state index in [4.69, 9.17) is 9.15 Å². The second-order valence-electron chi connectivity index (χ2n) is 6.87. The van der Waals surface area contributed by atoms with Gasteiger partial charge in [0, 0.05) is 18.9 Å². The van der Waals surface area contributed by atoms with E-state index < -0.39 is 5.60 Å². The minimum Gasteiger partial charge on any atom is -0.468 e. The highest BCUT2D eigenvalue weighted by Gasteiger charge is 2.22. The fourth-order valence-electron chi connectivity index (χ4n) is 2.29. The highest BCUT2D eigenvalue weighted by Crippen LogP contribution is 2.12. The van der Waals surface area contributed by atoms with Crippen molar-refractivity contribution in [2.45, 2.75) is 45.9 Å². The molecule has 0 aliphatic rings. The van der Waals surface area contributed by atoms with Crippen molar-refractivity contribution >= 4 is 6.09 Å². The lowest BCUT2D eigenvalue weighted by Crippen LogP contribution is -2.37. The fourth-order valence-corrected chi connectivity index (χ4v) is 2.29. The topological polar surface area (TPSA) is 67.6 Å². The average Bonchev–Trinajstić information content (AvgIpc) is 3.06. The second kappa shape index (κ2) is 9.22. The number of rotatable bonds is 8. The normalized spacial score (nSPS) is 11.3. The lowest BCUT2D eigenvalue weighted by molar-refractivity contribution is 0.0231.